The molecule has 4 rings (SSSR count). The number of piperidine rings is 1. The van der Waals surface area contributed by atoms with E-state index in [1.807, 2.05) is 58.3 Å². The summed E-state index contributed by atoms with van der Waals surface area (Å²) in [6.07, 6.45) is 5.00. The van der Waals surface area contributed by atoms with Crippen LogP contribution in [0.4, 0.5) is 11.6 Å². The maximum Gasteiger partial charge on any atom is 0.272 e. The SMILES string of the molecule is O=C(c1ccnc(N(Cc2ccccc2)c2ccccc2)n1)N1CCCCC1. The Bertz CT molecular complexity index is 908. The molecule has 1 aromatic heterocycles. The summed E-state index contributed by atoms with van der Waals surface area (Å²) in [5, 5.41) is 0. The molecular formula is C23H24N4O. The molecule has 2 aromatic carbocycles. The van der Waals surface area contributed by atoms with E-state index in [2.05, 4.69) is 22.1 Å². The van der Waals surface area contributed by atoms with Gasteiger partial charge in [0.25, 0.3) is 5.91 Å². The fraction of sp³-hybridized carbons (Fsp3) is 0.261. The fourth-order valence-electron chi connectivity index (χ4n) is 3.51. The lowest BCUT2D eigenvalue weighted by molar-refractivity contribution is 0.0718. The van der Waals surface area contributed by atoms with Gasteiger partial charge in [-0.3, -0.25) is 4.79 Å². The molecule has 3 aromatic rings. The number of para-hydroxylation sites is 1. The summed E-state index contributed by atoms with van der Waals surface area (Å²) in [7, 11) is 0. The first-order valence-electron chi connectivity index (χ1n) is 9.80. The summed E-state index contributed by atoms with van der Waals surface area (Å²) in [4.78, 5) is 26.0. The minimum Gasteiger partial charge on any atom is -0.337 e. The number of anilines is 2. The molecule has 28 heavy (non-hydrogen) atoms. The summed E-state index contributed by atoms with van der Waals surface area (Å²) in [5.74, 6) is 0.536. The van der Waals surface area contributed by atoms with Crippen LogP contribution in [-0.2, 0) is 6.54 Å². The van der Waals surface area contributed by atoms with Gasteiger partial charge >= 0.3 is 0 Å². The lowest BCUT2D eigenvalue weighted by Crippen LogP contribution is -2.36. The van der Waals surface area contributed by atoms with E-state index in [1.54, 1.807) is 12.3 Å². The highest BCUT2D eigenvalue weighted by atomic mass is 16.2. The van der Waals surface area contributed by atoms with E-state index in [9.17, 15) is 4.79 Å². The Balaban J connectivity index is 1.65. The van der Waals surface area contributed by atoms with Crippen molar-refractivity contribution in [1.82, 2.24) is 14.9 Å². The predicted molar refractivity (Wildman–Crippen MR) is 111 cm³/mol. The average molecular weight is 372 g/mol. The van der Waals surface area contributed by atoms with Crippen molar-refractivity contribution in [3.8, 4) is 0 Å². The predicted octanol–water partition coefficient (Wildman–Crippen LogP) is 4.44. The minimum atomic E-state index is -0.00364. The number of amides is 1. The highest BCUT2D eigenvalue weighted by molar-refractivity contribution is 5.92. The molecule has 0 radical (unpaired) electrons. The van der Waals surface area contributed by atoms with Crippen LogP contribution in [0.15, 0.2) is 72.9 Å². The maximum absolute atomic E-state index is 12.9. The third-order valence-corrected chi connectivity index (χ3v) is 5.00. The molecule has 0 aliphatic carbocycles. The molecule has 0 bridgehead atoms. The summed E-state index contributed by atoms with van der Waals surface area (Å²) in [5.41, 5.74) is 2.61. The summed E-state index contributed by atoms with van der Waals surface area (Å²) >= 11 is 0. The molecule has 0 saturated carbocycles. The van der Waals surface area contributed by atoms with Crippen LogP contribution in [0.5, 0.6) is 0 Å². The molecule has 0 atom stereocenters. The number of aromatic nitrogens is 2. The number of nitrogens with zero attached hydrogens (tertiary/aromatic N) is 4. The lowest BCUT2D eigenvalue weighted by atomic mass is 10.1. The van der Waals surface area contributed by atoms with Crippen molar-refractivity contribution in [3.05, 3.63) is 84.2 Å². The van der Waals surface area contributed by atoms with Crippen molar-refractivity contribution < 1.29 is 4.79 Å². The van der Waals surface area contributed by atoms with E-state index in [0.29, 0.717) is 18.2 Å². The third-order valence-electron chi connectivity index (χ3n) is 5.00. The largest absolute Gasteiger partial charge is 0.337 e. The smallest absolute Gasteiger partial charge is 0.272 e. The van der Waals surface area contributed by atoms with Crippen LogP contribution in [0, 0.1) is 0 Å². The van der Waals surface area contributed by atoms with Gasteiger partial charge in [0.05, 0.1) is 6.54 Å². The first kappa shape index (κ1) is 18.2. The number of hydrogen-bond donors (Lipinski definition) is 0. The highest BCUT2D eigenvalue weighted by Crippen LogP contribution is 2.24. The highest BCUT2D eigenvalue weighted by Gasteiger charge is 2.21. The van der Waals surface area contributed by atoms with Crippen molar-refractivity contribution in [2.45, 2.75) is 25.8 Å². The van der Waals surface area contributed by atoms with E-state index >= 15 is 0 Å². The molecule has 5 nitrogen and oxygen atoms in total. The Morgan fingerprint density at radius 2 is 1.57 bits per heavy atom. The van der Waals surface area contributed by atoms with Gasteiger partial charge in [-0.25, -0.2) is 9.97 Å². The lowest BCUT2D eigenvalue weighted by Gasteiger charge is -2.27. The number of hydrogen-bond acceptors (Lipinski definition) is 4. The van der Waals surface area contributed by atoms with Gasteiger partial charge < -0.3 is 9.80 Å². The maximum atomic E-state index is 12.9. The molecular weight excluding hydrogens is 348 g/mol. The van der Waals surface area contributed by atoms with E-state index < -0.39 is 0 Å². The molecule has 1 aliphatic rings. The second-order valence-corrected chi connectivity index (χ2v) is 7.00. The average Bonchev–Trinajstić information content (AvgIpc) is 2.79. The second kappa shape index (κ2) is 8.65. The van der Waals surface area contributed by atoms with Gasteiger partial charge in [-0.15, -0.1) is 0 Å². The van der Waals surface area contributed by atoms with E-state index in [-0.39, 0.29) is 5.91 Å². The van der Waals surface area contributed by atoms with Gasteiger partial charge in [-0.1, -0.05) is 48.5 Å². The molecule has 1 saturated heterocycles. The molecule has 1 amide bonds. The van der Waals surface area contributed by atoms with E-state index in [0.717, 1.165) is 37.2 Å². The Morgan fingerprint density at radius 3 is 2.29 bits per heavy atom. The molecule has 0 spiro atoms. The van der Waals surface area contributed by atoms with Crippen LogP contribution in [-0.4, -0.2) is 33.9 Å². The van der Waals surface area contributed by atoms with Crippen LogP contribution in [0.3, 0.4) is 0 Å². The zero-order chi connectivity index (χ0) is 19.2. The van der Waals surface area contributed by atoms with Gasteiger partial charge in [0.2, 0.25) is 5.95 Å². The summed E-state index contributed by atoms with van der Waals surface area (Å²) in [6.45, 7) is 2.25. The van der Waals surface area contributed by atoms with Crippen LogP contribution in [0.2, 0.25) is 0 Å². The molecule has 0 unspecified atom stereocenters. The first-order valence-corrected chi connectivity index (χ1v) is 9.80. The molecule has 142 valence electrons. The standard InChI is InChI=1S/C23H24N4O/c28-22(26-16-8-3-9-17-26)21-14-15-24-23(25-21)27(20-12-6-2-7-13-20)18-19-10-4-1-5-11-19/h1-2,4-7,10-15H,3,8-9,16-18H2. The topological polar surface area (TPSA) is 49.3 Å². The van der Waals surface area contributed by atoms with Gasteiger partial charge in [0, 0.05) is 25.0 Å². The Labute approximate surface area is 165 Å². The van der Waals surface area contributed by atoms with Crippen LogP contribution < -0.4 is 4.90 Å². The first-order chi connectivity index (χ1) is 13.8. The zero-order valence-corrected chi connectivity index (χ0v) is 15.9. The quantitative estimate of drug-likeness (QED) is 0.664. The molecule has 1 aliphatic heterocycles. The van der Waals surface area contributed by atoms with Gasteiger partial charge in [0.15, 0.2) is 0 Å². The van der Waals surface area contributed by atoms with Gasteiger partial charge in [-0.05, 0) is 43.0 Å². The van der Waals surface area contributed by atoms with Crippen LogP contribution in [0.25, 0.3) is 0 Å². The molecule has 1 fully saturated rings. The number of benzene rings is 2. The fourth-order valence-corrected chi connectivity index (χ4v) is 3.51. The third kappa shape index (κ3) is 4.19. The van der Waals surface area contributed by atoms with Crippen LogP contribution in [0.1, 0.15) is 35.3 Å². The Morgan fingerprint density at radius 1 is 0.893 bits per heavy atom. The van der Waals surface area contributed by atoms with E-state index in [1.165, 1.54) is 6.42 Å². The number of carbonyl (C=O) groups is 1. The Hall–Kier alpha value is -3.21. The molecule has 5 heteroatoms. The van der Waals surface area contributed by atoms with Gasteiger partial charge in [-0.2, -0.15) is 0 Å². The van der Waals surface area contributed by atoms with Crippen molar-refractivity contribution in [2.24, 2.45) is 0 Å². The van der Waals surface area contributed by atoms with Crippen molar-refractivity contribution in [3.63, 3.8) is 0 Å². The summed E-state index contributed by atoms with van der Waals surface area (Å²) in [6, 6.07) is 22.0. The number of rotatable bonds is 5. The molecule has 2 heterocycles. The van der Waals surface area contributed by atoms with Crippen molar-refractivity contribution in [2.75, 3.05) is 18.0 Å². The summed E-state index contributed by atoms with van der Waals surface area (Å²) < 4.78 is 0. The van der Waals surface area contributed by atoms with Gasteiger partial charge in [0.1, 0.15) is 5.69 Å². The second-order valence-electron chi connectivity index (χ2n) is 7.00. The number of carbonyl (C=O) groups excluding carboxylic acids is 1. The molecule has 0 N–H and O–H groups in total. The van der Waals surface area contributed by atoms with Crippen LogP contribution >= 0.6 is 0 Å². The van der Waals surface area contributed by atoms with Crippen molar-refractivity contribution in [1.29, 1.82) is 0 Å². The normalized spacial score (nSPS) is 13.9. The Kier molecular flexibility index (Phi) is 5.61. The number of likely N-dealkylation sites (tertiary alicyclic amines) is 1. The monoisotopic (exact) mass is 372 g/mol. The van der Waals surface area contributed by atoms with Crippen molar-refractivity contribution >= 4 is 17.5 Å². The zero-order valence-electron chi connectivity index (χ0n) is 15.9. The minimum absolute atomic E-state index is 0.00364. The van der Waals surface area contributed by atoms with E-state index in [4.69, 9.17) is 0 Å².